The van der Waals surface area contributed by atoms with E-state index in [1.165, 1.54) is 12.8 Å². The maximum atomic E-state index is 5.74. The highest BCUT2D eigenvalue weighted by Gasteiger charge is 2.48. The van der Waals surface area contributed by atoms with Gasteiger partial charge in [0.2, 0.25) is 0 Å². The molecule has 70 valence electrons. The fourth-order valence-electron chi connectivity index (χ4n) is 2.46. The number of nitrogens with two attached hydrogens (primary N) is 1. The molecule has 3 heteroatoms. The maximum Gasteiger partial charge on any atom is 0.0891 e. The first-order valence-corrected chi connectivity index (χ1v) is 4.67. The summed E-state index contributed by atoms with van der Waals surface area (Å²) in [5, 5.41) is 0. The fourth-order valence-corrected chi connectivity index (χ4v) is 2.46. The largest absolute Gasteiger partial charge is 0.375 e. The molecule has 2 rings (SSSR count). The Morgan fingerprint density at radius 2 is 2.17 bits per heavy atom. The minimum atomic E-state index is -0.222. The summed E-state index contributed by atoms with van der Waals surface area (Å²) in [6.07, 6.45) is 4.40. The molecule has 12 heavy (non-hydrogen) atoms. The van der Waals surface area contributed by atoms with Gasteiger partial charge in [0.15, 0.2) is 0 Å². The third kappa shape index (κ3) is 1.16. The molecule has 2 heterocycles. The second-order valence-electron chi connectivity index (χ2n) is 4.44. The van der Waals surface area contributed by atoms with Crippen LogP contribution in [0.25, 0.3) is 0 Å². The standard InChI is InChI=1S/C9H17NO2/c1-9(2,12-10)7-5-6-3-4-8(7)11-6/h6-8H,3-5,10H2,1-2H3. The lowest BCUT2D eigenvalue weighted by atomic mass is 9.79. The first-order valence-electron chi connectivity index (χ1n) is 4.67. The molecular weight excluding hydrogens is 154 g/mol. The number of hydrogen-bond donors (Lipinski definition) is 1. The van der Waals surface area contributed by atoms with Crippen LogP contribution < -0.4 is 5.90 Å². The summed E-state index contributed by atoms with van der Waals surface area (Å²) in [4.78, 5) is 4.99. The Morgan fingerprint density at radius 3 is 2.58 bits per heavy atom. The molecule has 0 saturated carbocycles. The van der Waals surface area contributed by atoms with Gasteiger partial charge in [0.05, 0.1) is 17.8 Å². The van der Waals surface area contributed by atoms with Crippen molar-refractivity contribution >= 4 is 0 Å². The first kappa shape index (κ1) is 8.48. The van der Waals surface area contributed by atoms with E-state index in [9.17, 15) is 0 Å². The molecule has 0 spiro atoms. The van der Waals surface area contributed by atoms with E-state index in [0.717, 1.165) is 6.42 Å². The Balaban J connectivity index is 2.06. The van der Waals surface area contributed by atoms with Gasteiger partial charge in [0, 0.05) is 5.92 Å². The van der Waals surface area contributed by atoms with Gasteiger partial charge >= 0.3 is 0 Å². The van der Waals surface area contributed by atoms with Gasteiger partial charge in [-0.15, -0.1) is 0 Å². The lowest BCUT2D eigenvalue weighted by Gasteiger charge is -2.33. The molecule has 0 amide bonds. The van der Waals surface area contributed by atoms with Crippen molar-refractivity contribution in [3.05, 3.63) is 0 Å². The van der Waals surface area contributed by atoms with Crippen LogP contribution in [0.5, 0.6) is 0 Å². The van der Waals surface area contributed by atoms with Crippen LogP contribution in [-0.2, 0) is 9.57 Å². The van der Waals surface area contributed by atoms with E-state index in [1.54, 1.807) is 0 Å². The molecule has 0 aromatic rings. The zero-order valence-corrected chi connectivity index (χ0v) is 7.75. The van der Waals surface area contributed by atoms with Crippen molar-refractivity contribution in [3.63, 3.8) is 0 Å². The molecule has 2 fully saturated rings. The summed E-state index contributed by atoms with van der Waals surface area (Å²) in [5.74, 6) is 5.75. The lowest BCUT2D eigenvalue weighted by molar-refractivity contribution is -0.0803. The Labute approximate surface area is 73.2 Å². The van der Waals surface area contributed by atoms with E-state index in [0.29, 0.717) is 18.1 Å². The van der Waals surface area contributed by atoms with Crippen molar-refractivity contribution in [1.29, 1.82) is 0 Å². The second kappa shape index (κ2) is 2.69. The Hall–Kier alpha value is -0.120. The quantitative estimate of drug-likeness (QED) is 0.635. The van der Waals surface area contributed by atoms with Gasteiger partial charge in [-0.05, 0) is 33.1 Å². The van der Waals surface area contributed by atoms with Gasteiger partial charge in [0.1, 0.15) is 0 Å². The van der Waals surface area contributed by atoms with Crippen molar-refractivity contribution < 1.29 is 9.57 Å². The van der Waals surface area contributed by atoms with E-state index in [1.807, 2.05) is 13.8 Å². The van der Waals surface area contributed by atoms with Crippen LogP contribution in [0.15, 0.2) is 0 Å². The molecule has 2 N–H and O–H groups in total. The van der Waals surface area contributed by atoms with Gasteiger partial charge in [-0.2, -0.15) is 0 Å². The van der Waals surface area contributed by atoms with E-state index < -0.39 is 0 Å². The van der Waals surface area contributed by atoms with Crippen molar-refractivity contribution in [2.75, 3.05) is 0 Å². The molecule has 0 radical (unpaired) electrons. The van der Waals surface area contributed by atoms with Crippen LogP contribution in [-0.4, -0.2) is 17.8 Å². The van der Waals surface area contributed by atoms with Gasteiger partial charge in [-0.3, -0.25) is 4.84 Å². The summed E-state index contributed by atoms with van der Waals surface area (Å²) in [5.41, 5.74) is -0.222. The predicted molar refractivity (Wildman–Crippen MR) is 45.4 cm³/mol. The second-order valence-corrected chi connectivity index (χ2v) is 4.44. The Kier molecular flexibility index (Phi) is 1.90. The smallest absolute Gasteiger partial charge is 0.0891 e. The number of ether oxygens (including phenoxy) is 1. The zero-order valence-electron chi connectivity index (χ0n) is 7.75. The Bertz CT molecular complexity index is 181. The van der Waals surface area contributed by atoms with Gasteiger partial charge in [0.25, 0.3) is 0 Å². The average molecular weight is 171 g/mol. The number of rotatable bonds is 2. The lowest BCUT2D eigenvalue weighted by Crippen LogP contribution is -2.41. The van der Waals surface area contributed by atoms with Crippen molar-refractivity contribution in [2.45, 2.75) is 50.9 Å². The SMILES string of the molecule is CC(C)(ON)C1CC2CCC1O2. The highest BCUT2D eigenvalue weighted by molar-refractivity contribution is 4.96. The molecule has 0 aromatic heterocycles. The van der Waals surface area contributed by atoms with E-state index in [-0.39, 0.29) is 5.60 Å². The summed E-state index contributed by atoms with van der Waals surface area (Å²) >= 11 is 0. The molecule has 2 saturated heterocycles. The van der Waals surface area contributed by atoms with Crippen LogP contribution in [0.3, 0.4) is 0 Å². The molecule has 0 aromatic carbocycles. The van der Waals surface area contributed by atoms with Crippen LogP contribution in [0, 0.1) is 5.92 Å². The van der Waals surface area contributed by atoms with Gasteiger partial charge in [-0.25, -0.2) is 5.90 Å². The molecule has 2 aliphatic heterocycles. The van der Waals surface area contributed by atoms with Crippen LogP contribution >= 0.6 is 0 Å². The first-order chi connectivity index (χ1) is 5.63. The van der Waals surface area contributed by atoms with E-state index in [4.69, 9.17) is 15.5 Å². The summed E-state index contributed by atoms with van der Waals surface area (Å²) in [7, 11) is 0. The third-order valence-corrected chi connectivity index (χ3v) is 3.30. The van der Waals surface area contributed by atoms with E-state index >= 15 is 0 Å². The van der Waals surface area contributed by atoms with Crippen LogP contribution in [0.2, 0.25) is 0 Å². The fraction of sp³-hybridized carbons (Fsp3) is 1.00. The molecule has 2 aliphatic rings. The van der Waals surface area contributed by atoms with Crippen LogP contribution in [0.1, 0.15) is 33.1 Å². The highest BCUT2D eigenvalue weighted by atomic mass is 16.6. The van der Waals surface area contributed by atoms with Gasteiger partial charge < -0.3 is 4.74 Å². The molecule has 3 nitrogen and oxygen atoms in total. The highest BCUT2D eigenvalue weighted by Crippen LogP contribution is 2.44. The van der Waals surface area contributed by atoms with Crippen molar-refractivity contribution in [2.24, 2.45) is 11.8 Å². The van der Waals surface area contributed by atoms with Gasteiger partial charge in [-0.1, -0.05) is 0 Å². The summed E-state index contributed by atoms with van der Waals surface area (Å²) in [6.45, 7) is 4.09. The van der Waals surface area contributed by atoms with E-state index in [2.05, 4.69) is 0 Å². The van der Waals surface area contributed by atoms with Crippen molar-refractivity contribution in [1.82, 2.24) is 0 Å². The predicted octanol–water partition coefficient (Wildman–Crippen LogP) is 1.22. The minimum absolute atomic E-state index is 0.222. The molecule has 2 bridgehead atoms. The van der Waals surface area contributed by atoms with Crippen LogP contribution in [0.4, 0.5) is 0 Å². The summed E-state index contributed by atoms with van der Waals surface area (Å²) < 4.78 is 5.74. The summed E-state index contributed by atoms with van der Waals surface area (Å²) in [6, 6.07) is 0. The minimum Gasteiger partial charge on any atom is -0.375 e. The number of fused-ring (bicyclic) bond motifs is 2. The topological polar surface area (TPSA) is 44.5 Å². The third-order valence-electron chi connectivity index (χ3n) is 3.30. The molecular formula is C9H17NO2. The maximum absolute atomic E-state index is 5.74. The van der Waals surface area contributed by atoms with Crippen molar-refractivity contribution in [3.8, 4) is 0 Å². The normalized spacial score (nSPS) is 40.8. The Morgan fingerprint density at radius 1 is 1.42 bits per heavy atom. The molecule has 3 atom stereocenters. The molecule has 3 unspecified atom stereocenters. The average Bonchev–Trinajstić information content (AvgIpc) is 2.64. The number of hydrogen-bond acceptors (Lipinski definition) is 3. The monoisotopic (exact) mass is 171 g/mol. The zero-order chi connectivity index (χ0) is 8.77. The molecule has 0 aliphatic carbocycles.